The molecule has 0 amide bonds. The van der Waals surface area contributed by atoms with E-state index in [4.69, 9.17) is 5.10 Å². The molecule has 1 fully saturated rings. The molecule has 9 nitrogen and oxygen atoms in total. The monoisotopic (exact) mass is 507 g/mol. The van der Waals surface area contributed by atoms with Crippen molar-refractivity contribution in [3.05, 3.63) is 105 Å². The number of pyridine rings is 1. The molecule has 1 aliphatic heterocycles. The molecule has 0 spiro atoms. The van der Waals surface area contributed by atoms with E-state index in [-0.39, 0.29) is 11.2 Å². The van der Waals surface area contributed by atoms with Crippen molar-refractivity contribution in [3.63, 3.8) is 0 Å². The van der Waals surface area contributed by atoms with Crippen LogP contribution in [0.2, 0.25) is 0 Å². The van der Waals surface area contributed by atoms with E-state index in [1.807, 2.05) is 72.8 Å². The van der Waals surface area contributed by atoms with Crippen molar-refractivity contribution in [2.24, 2.45) is 13.0 Å². The summed E-state index contributed by atoms with van der Waals surface area (Å²) in [5.41, 5.74) is 3.49. The molecule has 0 radical (unpaired) electrons. The highest BCUT2D eigenvalue weighted by atomic mass is 16.2. The van der Waals surface area contributed by atoms with Crippen molar-refractivity contribution in [3.8, 4) is 11.3 Å². The first-order valence-electron chi connectivity index (χ1n) is 12.8. The van der Waals surface area contributed by atoms with Gasteiger partial charge in [0.1, 0.15) is 11.2 Å². The quantitative estimate of drug-likeness (QED) is 0.351. The van der Waals surface area contributed by atoms with E-state index in [2.05, 4.69) is 15.6 Å². The predicted octanol–water partition coefficient (Wildman–Crippen LogP) is 3.36. The summed E-state index contributed by atoms with van der Waals surface area (Å²) in [6.45, 7) is 2.71. The Balaban J connectivity index is 1.46. The molecule has 4 heterocycles. The average molecular weight is 508 g/mol. The summed E-state index contributed by atoms with van der Waals surface area (Å²) in [5, 5.41) is 12.0. The van der Waals surface area contributed by atoms with Crippen LogP contribution in [0, 0.1) is 5.92 Å². The molecule has 192 valence electrons. The van der Waals surface area contributed by atoms with Gasteiger partial charge in [0.15, 0.2) is 5.65 Å². The molecule has 38 heavy (non-hydrogen) atoms. The number of anilines is 2. The summed E-state index contributed by atoms with van der Waals surface area (Å²) in [7, 11) is 1.54. The standard InChI is InChI=1S/C29H29N7O2/c1-34-28(37)25-26(32-23-7-3-2-4-8-23)36(33-27(25)35(29(34)38)18-21-14-16-30-17-21)19-20-10-12-22(13-11-20)24-9-5-6-15-31-24/h2-13,15,21,30,32H,14,16-19H2,1H3. The summed E-state index contributed by atoms with van der Waals surface area (Å²) in [5.74, 6) is 0.877. The first-order valence-corrected chi connectivity index (χ1v) is 12.8. The number of hydrogen-bond acceptors (Lipinski definition) is 6. The van der Waals surface area contributed by atoms with Crippen LogP contribution >= 0.6 is 0 Å². The molecule has 5 aromatic rings. The normalized spacial score (nSPS) is 15.2. The van der Waals surface area contributed by atoms with Crippen molar-refractivity contribution in [2.45, 2.75) is 19.5 Å². The summed E-state index contributed by atoms with van der Waals surface area (Å²) in [4.78, 5) is 31.1. The van der Waals surface area contributed by atoms with Gasteiger partial charge in [-0.15, -0.1) is 0 Å². The van der Waals surface area contributed by atoms with Crippen LogP contribution in [0.15, 0.2) is 88.6 Å². The number of para-hydroxylation sites is 1. The van der Waals surface area contributed by atoms with Gasteiger partial charge in [-0.1, -0.05) is 48.5 Å². The van der Waals surface area contributed by atoms with Crippen molar-refractivity contribution in [1.29, 1.82) is 0 Å². The van der Waals surface area contributed by atoms with E-state index in [9.17, 15) is 9.59 Å². The van der Waals surface area contributed by atoms with Crippen molar-refractivity contribution in [2.75, 3.05) is 18.4 Å². The Morgan fingerprint density at radius 2 is 1.79 bits per heavy atom. The van der Waals surface area contributed by atoms with Gasteiger partial charge in [0.25, 0.3) is 5.56 Å². The van der Waals surface area contributed by atoms with Gasteiger partial charge in [-0.3, -0.25) is 18.9 Å². The molecule has 0 bridgehead atoms. The van der Waals surface area contributed by atoms with Crippen LogP contribution in [-0.4, -0.2) is 37.0 Å². The van der Waals surface area contributed by atoms with E-state index in [1.54, 1.807) is 15.4 Å². The number of nitrogens with zero attached hydrogens (tertiary/aromatic N) is 5. The number of aromatic nitrogens is 5. The van der Waals surface area contributed by atoms with Crippen LogP contribution in [0.25, 0.3) is 22.3 Å². The molecule has 6 rings (SSSR count). The maximum Gasteiger partial charge on any atom is 0.332 e. The maximum atomic E-state index is 13.5. The summed E-state index contributed by atoms with van der Waals surface area (Å²) >= 11 is 0. The molecule has 1 saturated heterocycles. The highest BCUT2D eigenvalue weighted by Crippen LogP contribution is 2.26. The van der Waals surface area contributed by atoms with Crippen LogP contribution < -0.4 is 21.9 Å². The van der Waals surface area contributed by atoms with Crippen molar-refractivity contribution >= 4 is 22.5 Å². The molecule has 9 heteroatoms. The van der Waals surface area contributed by atoms with E-state index >= 15 is 0 Å². The molecule has 0 aliphatic carbocycles. The highest BCUT2D eigenvalue weighted by Gasteiger charge is 2.24. The smallest absolute Gasteiger partial charge is 0.332 e. The van der Waals surface area contributed by atoms with E-state index in [1.165, 1.54) is 11.6 Å². The lowest BCUT2D eigenvalue weighted by molar-refractivity contribution is 0.464. The third-order valence-electron chi connectivity index (χ3n) is 7.11. The fourth-order valence-electron chi connectivity index (χ4n) is 5.04. The van der Waals surface area contributed by atoms with E-state index < -0.39 is 0 Å². The Morgan fingerprint density at radius 1 is 1.00 bits per heavy atom. The molecule has 2 aromatic carbocycles. The zero-order valence-corrected chi connectivity index (χ0v) is 21.2. The Hall–Kier alpha value is -4.50. The molecule has 1 atom stereocenters. The molecule has 0 saturated carbocycles. The Morgan fingerprint density at radius 3 is 2.50 bits per heavy atom. The average Bonchev–Trinajstić information content (AvgIpc) is 3.60. The minimum Gasteiger partial charge on any atom is -0.340 e. The third kappa shape index (κ3) is 4.52. The largest absolute Gasteiger partial charge is 0.340 e. The van der Waals surface area contributed by atoms with Gasteiger partial charge in [0, 0.05) is 31.0 Å². The zero-order chi connectivity index (χ0) is 26.1. The second-order valence-electron chi connectivity index (χ2n) is 9.72. The van der Waals surface area contributed by atoms with Gasteiger partial charge in [0.2, 0.25) is 0 Å². The molecule has 1 unspecified atom stereocenters. The molecule has 2 N–H and O–H groups in total. The lowest BCUT2D eigenvalue weighted by atomic mass is 10.1. The van der Waals surface area contributed by atoms with Gasteiger partial charge in [-0.2, -0.15) is 5.10 Å². The molecule has 3 aromatic heterocycles. The minimum atomic E-state index is -0.360. The fourth-order valence-corrected chi connectivity index (χ4v) is 5.04. The zero-order valence-electron chi connectivity index (χ0n) is 21.2. The van der Waals surface area contributed by atoms with Gasteiger partial charge in [-0.25, -0.2) is 9.48 Å². The van der Waals surface area contributed by atoms with Crippen LogP contribution in [-0.2, 0) is 20.1 Å². The molecular weight excluding hydrogens is 478 g/mol. The number of fused-ring (bicyclic) bond motifs is 1. The SMILES string of the molecule is Cn1c(=O)c2c(Nc3ccccc3)n(Cc3ccc(-c4ccccn4)cc3)nc2n(CC2CCNC2)c1=O. The van der Waals surface area contributed by atoms with Crippen molar-refractivity contribution in [1.82, 2.24) is 29.2 Å². The number of benzene rings is 2. The Labute approximate surface area is 219 Å². The summed E-state index contributed by atoms with van der Waals surface area (Å²) < 4.78 is 4.64. The Kier molecular flexibility index (Phi) is 6.35. The maximum absolute atomic E-state index is 13.5. The van der Waals surface area contributed by atoms with Crippen LogP contribution in [0.3, 0.4) is 0 Å². The summed E-state index contributed by atoms with van der Waals surface area (Å²) in [6.07, 6.45) is 2.76. The first kappa shape index (κ1) is 23.9. The van der Waals surface area contributed by atoms with Gasteiger partial charge >= 0.3 is 5.69 Å². The number of nitrogens with one attached hydrogen (secondary N) is 2. The van der Waals surface area contributed by atoms with Gasteiger partial charge in [0.05, 0.1) is 12.2 Å². The van der Waals surface area contributed by atoms with E-state index in [0.29, 0.717) is 35.9 Å². The minimum absolute atomic E-state index is 0.309. The third-order valence-corrected chi connectivity index (χ3v) is 7.11. The number of hydrogen-bond donors (Lipinski definition) is 2. The fraction of sp³-hybridized carbons (Fsp3) is 0.241. The molecular formula is C29H29N7O2. The number of rotatable bonds is 7. The lowest BCUT2D eigenvalue weighted by Gasteiger charge is -2.13. The topological polar surface area (TPSA) is 98.8 Å². The van der Waals surface area contributed by atoms with Crippen LogP contribution in [0.4, 0.5) is 11.5 Å². The van der Waals surface area contributed by atoms with Crippen molar-refractivity contribution < 1.29 is 0 Å². The lowest BCUT2D eigenvalue weighted by Crippen LogP contribution is -2.39. The van der Waals surface area contributed by atoms with Crippen LogP contribution in [0.1, 0.15) is 12.0 Å². The summed E-state index contributed by atoms with van der Waals surface area (Å²) in [6, 6.07) is 23.7. The first-order chi connectivity index (χ1) is 18.6. The van der Waals surface area contributed by atoms with Gasteiger partial charge < -0.3 is 10.6 Å². The molecule has 1 aliphatic rings. The van der Waals surface area contributed by atoms with Gasteiger partial charge in [-0.05, 0) is 55.3 Å². The second-order valence-corrected chi connectivity index (χ2v) is 9.72. The highest BCUT2D eigenvalue weighted by molar-refractivity contribution is 5.89. The Bertz CT molecular complexity index is 1680. The van der Waals surface area contributed by atoms with E-state index in [0.717, 1.165) is 42.0 Å². The predicted molar refractivity (Wildman–Crippen MR) is 149 cm³/mol. The van der Waals surface area contributed by atoms with Crippen LogP contribution in [0.5, 0.6) is 0 Å². The second kappa shape index (κ2) is 10.1.